The molecule has 5 nitrogen and oxygen atoms in total. The lowest BCUT2D eigenvalue weighted by Crippen LogP contribution is -2.34. The van der Waals surface area contributed by atoms with Gasteiger partial charge in [-0.25, -0.2) is 0 Å². The van der Waals surface area contributed by atoms with Crippen molar-refractivity contribution in [3.05, 3.63) is 102 Å². The Kier molecular flexibility index (Phi) is 11.0. The largest absolute Gasteiger partial charge is 0.489 e. The number of carbonyl (C=O) groups is 1. The lowest BCUT2D eigenvalue weighted by molar-refractivity contribution is -0.138. The van der Waals surface area contributed by atoms with Gasteiger partial charge in [0, 0.05) is 6.04 Å². The number of carboxylic acid groups (broad SMARTS) is 1. The molecule has 1 fully saturated rings. The van der Waals surface area contributed by atoms with Crippen molar-refractivity contribution in [2.75, 3.05) is 13.3 Å². The number of nitrogens with zero attached hydrogens (tertiary/aromatic N) is 1. The summed E-state index contributed by atoms with van der Waals surface area (Å²) >= 11 is 0. The number of benzene rings is 2. The first-order valence-electron chi connectivity index (χ1n) is 10.8. The molecule has 0 bridgehead atoms. The Morgan fingerprint density at radius 2 is 1.66 bits per heavy atom. The molecule has 0 amide bonds. The third-order valence-electron chi connectivity index (χ3n) is 4.95. The van der Waals surface area contributed by atoms with Gasteiger partial charge in [-0.05, 0) is 44.0 Å². The van der Waals surface area contributed by atoms with E-state index in [1.165, 1.54) is 0 Å². The molecule has 1 saturated heterocycles. The molecule has 0 radical (unpaired) electrons. The Hall–Kier alpha value is -3.15. The normalized spacial score (nSPS) is 18.8. The van der Waals surface area contributed by atoms with Crippen LogP contribution in [0.2, 0.25) is 0 Å². The molecule has 1 heterocycles. The second-order valence-corrected chi connectivity index (χ2v) is 7.38. The van der Waals surface area contributed by atoms with Gasteiger partial charge >= 0.3 is 5.97 Å². The summed E-state index contributed by atoms with van der Waals surface area (Å²) in [5.41, 5.74) is 2.15. The number of hydrogen-bond acceptors (Lipinski definition) is 4. The molecule has 32 heavy (non-hydrogen) atoms. The topological polar surface area (TPSA) is 59.0 Å². The van der Waals surface area contributed by atoms with E-state index in [-0.39, 0.29) is 18.7 Å². The van der Waals surface area contributed by atoms with Gasteiger partial charge in [-0.3, -0.25) is 9.69 Å². The predicted molar refractivity (Wildman–Crippen MR) is 128 cm³/mol. The fourth-order valence-electron chi connectivity index (χ4n) is 3.21. The van der Waals surface area contributed by atoms with Crippen molar-refractivity contribution in [2.45, 2.75) is 39.5 Å². The molecule has 1 aliphatic heterocycles. The minimum absolute atomic E-state index is 0.00403. The van der Waals surface area contributed by atoms with E-state index in [1.54, 1.807) is 0 Å². The van der Waals surface area contributed by atoms with Crippen molar-refractivity contribution < 1.29 is 19.4 Å². The minimum Gasteiger partial charge on any atom is -0.489 e. The Balaban J connectivity index is 0.000000390. The zero-order valence-electron chi connectivity index (χ0n) is 19.1. The maximum absolute atomic E-state index is 10.9. The summed E-state index contributed by atoms with van der Waals surface area (Å²) in [6.07, 6.45) is 11.9. The summed E-state index contributed by atoms with van der Waals surface area (Å²) in [5.74, 6) is -0.0357. The Bertz CT molecular complexity index is 874. The van der Waals surface area contributed by atoms with Crippen LogP contribution in [0.3, 0.4) is 0 Å². The Morgan fingerprint density at radius 1 is 1.03 bits per heavy atom. The molecule has 2 unspecified atom stereocenters. The third kappa shape index (κ3) is 8.53. The van der Waals surface area contributed by atoms with E-state index < -0.39 is 5.97 Å². The van der Waals surface area contributed by atoms with Crippen LogP contribution in [0.4, 0.5) is 0 Å². The summed E-state index contributed by atoms with van der Waals surface area (Å²) in [6.45, 7) is 6.85. The molecule has 1 aliphatic rings. The van der Waals surface area contributed by atoms with Gasteiger partial charge in [-0.2, -0.15) is 0 Å². The molecule has 0 saturated carbocycles. The van der Waals surface area contributed by atoms with E-state index in [1.807, 2.05) is 117 Å². The summed E-state index contributed by atoms with van der Waals surface area (Å²) in [6, 6.07) is 17.8. The van der Waals surface area contributed by atoms with Gasteiger partial charge in [-0.15, -0.1) is 0 Å². The van der Waals surface area contributed by atoms with Crippen molar-refractivity contribution in [1.82, 2.24) is 4.90 Å². The quantitative estimate of drug-likeness (QED) is 0.534. The van der Waals surface area contributed by atoms with Crippen molar-refractivity contribution >= 4 is 5.97 Å². The molecule has 170 valence electrons. The number of ether oxygens (including phenoxy) is 2. The summed E-state index contributed by atoms with van der Waals surface area (Å²) in [7, 11) is 0. The zero-order chi connectivity index (χ0) is 23.2. The maximum Gasteiger partial charge on any atom is 0.317 e. The molecule has 0 spiro atoms. The van der Waals surface area contributed by atoms with Gasteiger partial charge in [0.25, 0.3) is 0 Å². The SMILES string of the molecule is CC1C(c2ccc(OCc3ccccc3)cc2)OCN1CC(=O)O.C\C=C/C=C\C=C\C. The average Bonchev–Trinajstić information content (AvgIpc) is 3.16. The first kappa shape index (κ1) is 25.1. The molecule has 2 atom stereocenters. The maximum atomic E-state index is 10.9. The van der Waals surface area contributed by atoms with Crippen LogP contribution >= 0.6 is 0 Å². The van der Waals surface area contributed by atoms with E-state index >= 15 is 0 Å². The number of carboxylic acids is 1. The van der Waals surface area contributed by atoms with E-state index in [9.17, 15) is 4.79 Å². The second-order valence-electron chi connectivity index (χ2n) is 7.38. The smallest absolute Gasteiger partial charge is 0.317 e. The van der Waals surface area contributed by atoms with Gasteiger partial charge in [-0.1, -0.05) is 78.9 Å². The lowest BCUT2D eigenvalue weighted by Gasteiger charge is -2.20. The fourth-order valence-corrected chi connectivity index (χ4v) is 3.21. The average molecular weight is 436 g/mol. The third-order valence-corrected chi connectivity index (χ3v) is 4.95. The van der Waals surface area contributed by atoms with Crippen LogP contribution < -0.4 is 4.74 Å². The number of hydrogen-bond donors (Lipinski definition) is 1. The van der Waals surface area contributed by atoms with Gasteiger partial charge in [0.1, 0.15) is 19.1 Å². The van der Waals surface area contributed by atoms with Crippen LogP contribution in [0.1, 0.15) is 38.0 Å². The summed E-state index contributed by atoms with van der Waals surface area (Å²) < 4.78 is 11.5. The molecular formula is C27H33NO4. The van der Waals surface area contributed by atoms with Crippen molar-refractivity contribution in [3.8, 4) is 5.75 Å². The van der Waals surface area contributed by atoms with Crippen LogP contribution in [0.25, 0.3) is 0 Å². The minimum atomic E-state index is -0.837. The standard InChI is InChI=1S/C19H21NO4.C8H12/c1-14-19(24-13-20(14)11-18(21)22)16-7-9-17(10-8-16)23-12-15-5-3-2-4-6-15;1-3-5-7-8-6-4-2/h2-10,14,19H,11-13H2,1H3,(H,21,22);3-8H,1-2H3/b;5-3-,6-4+,8-7-. The Labute approximate surface area is 191 Å². The molecule has 0 aromatic heterocycles. The highest BCUT2D eigenvalue weighted by molar-refractivity contribution is 5.69. The molecule has 2 aromatic rings. The van der Waals surface area contributed by atoms with Crippen LogP contribution in [0, 0.1) is 0 Å². The predicted octanol–water partition coefficient (Wildman–Crippen LogP) is 5.76. The molecule has 5 heteroatoms. The van der Waals surface area contributed by atoms with Crippen LogP contribution in [-0.2, 0) is 16.1 Å². The highest BCUT2D eigenvalue weighted by atomic mass is 16.5. The Morgan fingerprint density at radius 3 is 2.22 bits per heavy atom. The van der Waals surface area contributed by atoms with Gasteiger partial charge in [0.05, 0.1) is 12.6 Å². The van der Waals surface area contributed by atoms with Gasteiger partial charge in [0.15, 0.2) is 0 Å². The first-order chi connectivity index (χ1) is 15.5. The highest BCUT2D eigenvalue weighted by Gasteiger charge is 2.33. The monoisotopic (exact) mass is 435 g/mol. The molecule has 0 aliphatic carbocycles. The van der Waals surface area contributed by atoms with E-state index in [2.05, 4.69) is 0 Å². The van der Waals surface area contributed by atoms with Crippen LogP contribution in [0.5, 0.6) is 5.75 Å². The molecule has 3 rings (SSSR count). The van der Waals surface area contributed by atoms with Crippen molar-refractivity contribution in [1.29, 1.82) is 0 Å². The summed E-state index contributed by atoms with van der Waals surface area (Å²) in [4.78, 5) is 12.7. The number of rotatable bonds is 8. The number of aliphatic carboxylic acids is 1. The molecular weight excluding hydrogens is 402 g/mol. The molecule has 2 aromatic carbocycles. The van der Waals surface area contributed by atoms with E-state index in [4.69, 9.17) is 14.6 Å². The van der Waals surface area contributed by atoms with E-state index in [0.717, 1.165) is 16.9 Å². The zero-order valence-corrected chi connectivity index (χ0v) is 19.1. The lowest BCUT2D eigenvalue weighted by atomic mass is 10.0. The van der Waals surface area contributed by atoms with Crippen LogP contribution in [-0.4, -0.2) is 35.3 Å². The number of allylic oxidation sites excluding steroid dienone is 6. The molecule has 1 N–H and O–H groups in total. The van der Waals surface area contributed by atoms with Crippen molar-refractivity contribution in [3.63, 3.8) is 0 Å². The first-order valence-corrected chi connectivity index (χ1v) is 10.8. The van der Waals surface area contributed by atoms with Gasteiger partial charge in [0.2, 0.25) is 0 Å². The second kappa shape index (κ2) is 14.0. The fraction of sp³-hybridized carbons (Fsp3) is 0.296. The van der Waals surface area contributed by atoms with Crippen molar-refractivity contribution in [2.24, 2.45) is 0 Å². The van der Waals surface area contributed by atoms with Crippen LogP contribution in [0.15, 0.2) is 91.1 Å². The van der Waals surface area contributed by atoms with Gasteiger partial charge < -0.3 is 14.6 Å². The van der Waals surface area contributed by atoms with E-state index in [0.29, 0.717) is 13.3 Å². The highest BCUT2D eigenvalue weighted by Crippen LogP contribution is 2.31. The summed E-state index contributed by atoms with van der Waals surface area (Å²) in [5, 5.41) is 8.92.